The fourth-order valence-electron chi connectivity index (χ4n) is 2.11. The number of nitrogens with zero attached hydrogens (tertiary/aromatic N) is 3. The molecule has 0 saturated carbocycles. The molecule has 1 unspecified atom stereocenters. The van der Waals surface area contributed by atoms with Gasteiger partial charge in [-0.2, -0.15) is 0 Å². The molecule has 1 aliphatic heterocycles. The third-order valence-corrected chi connectivity index (χ3v) is 3.32. The third-order valence-electron chi connectivity index (χ3n) is 3.32. The number of piperazine rings is 1. The largest absolute Gasteiger partial charge is 0.315 e. The summed E-state index contributed by atoms with van der Waals surface area (Å²) in [6.45, 7) is 7.01. The van der Waals surface area contributed by atoms with Crippen molar-refractivity contribution < 1.29 is 0 Å². The van der Waals surface area contributed by atoms with E-state index in [1.807, 2.05) is 0 Å². The maximum absolute atomic E-state index is 3.57. The van der Waals surface area contributed by atoms with Crippen LogP contribution < -0.4 is 5.32 Å². The average Bonchev–Trinajstić information content (AvgIpc) is 2.22. The fraction of sp³-hybridized carbons (Fsp3) is 1.00. The van der Waals surface area contributed by atoms with Crippen LogP contribution in [-0.2, 0) is 0 Å². The second kappa shape index (κ2) is 7.22. The summed E-state index contributed by atoms with van der Waals surface area (Å²) in [5.74, 6) is 0. The van der Waals surface area contributed by atoms with E-state index in [1.165, 1.54) is 32.6 Å². The molecule has 0 radical (unpaired) electrons. The molecule has 4 nitrogen and oxygen atoms in total. The summed E-state index contributed by atoms with van der Waals surface area (Å²) in [5, 5.41) is 3.57. The number of rotatable bonds is 6. The van der Waals surface area contributed by atoms with E-state index in [0.29, 0.717) is 6.04 Å². The van der Waals surface area contributed by atoms with E-state index in [1.54, 1.807) is 0 Å². The van der Waals surface area contributed by atoms with Crippen LogP contribution in [0.15, 0.2) is 0 Å². The zero-order valence-corrected chi connectivity index (χ0v) is 11.4. The van der Waals surface area contributed by atoms with Gasteiger partial charge in [0.15, 0.2) is 0 Å². The highest BCUT2D eigenvalue weighted by Gasteiger charge is 2.21. The number of hydrogen-bond acceptors (Lipinski definition) is 4. The van der Waals surface area contributed by atoms with Crippen molar-refractivity contribution in [1.82, 2.24) is 20.0 Å². The maximum Gasteiger partial charge on any atom is 0.0345 e. The van der Waals surface area contributed by atoms with E-state index in [4.69, 9.17) is 0 Å². The molecule has 1 atom stereocenters. The van der Waals surface area contributed by atoms with E-state index in [0.717, 1.165) is 13.1 Å². The Morgan fingerprint density at radius 1 is 1.25 bits per heavy atom. The molecule has 4 heteroatoms. The summed E-state index contributed by atoms with van der Waals surface area (Å²) in [6.07, 6.45) is 1.24. The first kappa shape index (κ1) is 13.9. The third kappa shape index (κ3) is 5.25. The molecule has 0 amide bonds. The smallest absolute Gasteiger partial charge is 0.0345 e. The van der Waals surface area contributed by atoms with Gasteiger partial charge in [-0.05, 0) is 47.7 Å². The Morgan fingerprint density at radius 3 is 2.69 bits per heavy atom. The highest BCUT2D eigenvalue weighted by Crippen LogP contribution is 2.04. The minimum absolute atomic E-state index is 0.679. The van der Waals surface area contributed by atoms with Crippen LogP contribution in [-0.4, -0.2) is 88.2 Å². The maximum atomic E-state index is 3.57. The van der Waals surface area contributed by atoms with Gasteiger partial charge in [-0.3, -0.25) is 4.90 Å². The summed E-state index contributed by atoms with van der Waals surface area (Å²) in [7, 11) is 8.71. The van der Waals surface area contributed by atoms with Gasteiger partial charge in [-0.25, -0.2) is 0 Å². The molecule has 1 aliphatic rings. The van der Waals surface area contributed by atoms with Crippen LogP contribution in [0.5, 0.6) is 0 Å². The molecular weight excluding hydrogens is 200 g/mol. The standard InChI is InChI=1S/C12H28N4/c1-14(2)7-5-6-13-10-12-11-15(3)8-9-16(12)4/h12-13H,5-11H2,1-4H3. The van der Waals surface area contributed by atoms with Crippen molar-refractivity contribution in [3.05, 3.63) is 0 Å². The van der Waals surface area contributed by atoms with Crippen LogP contribution in [0.3, 0.4) is 0 Å². The van der Waals surface area contributed by atoms with Gasteiger partial charge in [0.05, 0.1) is 0 Å². The first-order chi connectivity index (χ1) is 7.59. The molecule has 1 rings (SSSR count). The summed E-state index contributed by atoms with van der Waals surface area (Å²) < 4.78 is 0. The lowest BCUT2D eigenvalue weighted by Gasteiger charge is -2.37. The fourth-order valence-corrected chi connectivity index (χ4v) is 2.11. The molecule has 0 aromatic heterocycles. The highest BCUT2D eigenvalue weighted by atomic mass is 15.3. The lowest BCUT2D eigenvalue weighted by Crippen LogP contribution is -2.53. The van der Waals surface area contributed by atoms with Gasteiger partial charge in [-0.1, -0.05) is 0 Å². The zero-order valence-electron chi connectivity index (χ0n) is 11.4. The van der Waals surface area contributed by atoms with Crippen LogP contribution in [0.25, 0.3) is 0 Å². The summed E-state index contributed by atoms with van der Waals surface area (Å²) >= 11 is 0. The Balaban J connectivity index is 2.07. The Hall–Kier alpha value is -0.160. The van der Waals surface area contributed by atoms with Crippen molar-refractivity contribution >= 4 is 0 Å². The van der Waals surface area contributed by atoms with Gasteiger partial charge in [0.1, 0.15) is 0 Å². The number of hydrogen-bond donors (Lipinski definition) is 1. The predicted molar refractivity (Wildman–Crippen MR) is 70.0 cm³/mol. The topological polar surface area (TPSA) is 21.8 Å². The Kier molecular flexibility index (Phi) is 6.28. The summed E-state index contributed by atoms with van der Waals surface area (Å²) in [6, 6.07) is 0.679. The molecule has 1 saturated heterocycles. The van der Waals surface area contributed by atoms with Crippen molar-refractivity contribution in [3.63, 3.8) is 0 Å². The molecule has 0 aliphatic carbocycles. The average molecular weight is 228 g/mol. The summed E-state index contributed by atoms with van der Waals surface area (Å²) in [5.41, 5.74) is 0. The molecular formula is C12H28N4. The molecule has 1 heterocycles. The highest BCUT2D eigenvalue weighted by molar-refractivity contribution is 4.80. The van der Waals surface area contributed by atoms with Crippen molar-refractivity contribution in [2.75, 3.05) is 67.5 Å². The van der Waals surface area contributed by atoms with E-state index < -0.39 is 0 Å². The Labute approximate surface area is 101 Å². The van der Waals surface area contributed by atoms with E-state index in [2.05, 4.69) is 48.2 Å². The van der Waals surface area contributed by atoms with Gasteiger partial charge in [-0.15, -0.1) is 0 Å². The van der Waals surface area contributed by atoms with Crippen molar-refractivity contribution in [2.24, 2.45) is 0 Å². The molecule has 0 aromatic carbocycles. The van der Waals surface area contributed by atoms with Crippen LogP contribution in [0.4, 0.5) is 0 Å². The van der Waals surface area contributed by atoms with Crippen molar-refractivity contribution in [1.29, 1.82) is 0 Å². The molecule has 0 spiro atoms. The van der Waals surface area contributed by atoms with Gasteiger partial charge < -0.3 is 15.1 Å². The molecule has 96 valence electrons. The van der Waals surface area contributed by atoms with Gasteiger partial charge in [0, 0.05) is 32.2 Å². The van der Waals surface area contributed by atoms with Crippen LogP contribution >= 0.6 is 0 Å². The molecule has 0 aromatic rings. The Morgan fingerprint density at radius 2 is 2.00 bits per heavy atom. The minimum Gasteiger partial charge on any atom is -0.315 e. The molecule has 0 bridgehead atoms. The number of nitrogens with one attached hydrogen (secondary N) is 1. The van der Waals surface area contributed by atoms with Gasteiger partial charge in [0.25, 0.3) is 0 Å². The normalized spacial score (nSPS) is 24.2. The number of likely N-dealkylation sites (N-methyl/N-ethyl adjacent to an activating group) is 2. The van der Waals surface area contributed by atoms with E-state index in [-0.39, 0.29) is 0 Å². The molecule has 1 fully saturated rings. The second-order valence-electron chi connectivity index (χ2n) is 5.26. The quantitative estimate of drug-likeness (QED) is 0.634. The monoisotopic (exact) mass is 228 g/mol. The minimum atomic E-state index is 0.679. The Bertz CT molecular complexity index is 184. The zero-order chi connectivity index (χ0) is 12.0. The predicted octanol–water partition coefficient (Wildman–Crippen LogP) is -0.226. The van der Waals surface area contributed by atoms with Crippen molar-refractivity contribution in [2.45, 2.75) is 12.5 Å². The lowest BCUT2D eigenvalue weighted by molar-refractivity contribution is 0.113. The second-order valence-corrected chi connectivity index (χ2v) is 5.26. The first-order valence-electron chi connectivity index (χ1n) is 6.34. The lowest BCUT2D eigenvalue weighted by atomic mass is 10.2. The van der Waals surface area contributed by atoms with E-state index in [9.17, 15) is 0 Å². The molecule has 1 N–H and O–H groups in total. The SMILES string of the molecule is CN(C)CCCNCC1CN(C)CCN1C. The van der Waals surface area contributed by atoms with Crippen LogP contribution in [0.2, 0.25) is 0 Å². The van der Waals surface area contributed by atoms with Crippen molar-refractivity contribution in [3.8, 4) is 0 Å². The molecule has 16 heavy (non-hydrogen) atoms. The van der Waals surface area contributed by atoms with Gasteiger partial charge in [0.2, 0.25) is 0 Å². The summed E-state index contributed by atoms with van der Waals surface area (Å²) in [4.78, 5) is 7.13. The first-order valence-corrected chi connectivity index (χ1v) is 6.34. The van der Waals surface area contributed by atoms with Gasteiger partial charge >= 0.3 is 0 Å². The van der Waals surface area contributed by atoms with Crippen LogP contribution in [0.1, 0.15) is 6.42 Å². The van der Waals surface area contributed by atoms with E-state index >= 15 is 0 Å². The van der Waals surface area contributed by atoms with Crippen LogP contribution in [0, 0.1) is 0 Å².